The van der Waals surface area contributed by atoms with E-state index in [4.69, 9.17) is 4.74 Å². The molecule has 0 heterocycles. The van der Waals surface area contributed by atoms with Crippen LogP contribution in [0.3, 0.4) is 0 Å². The highest BCUT2D eigenvalue weighted by Gasteiger charge is 2.07. The number of nitrogens with one attached hydrogen (secondary N) is 2. The van der Waals surface area contributed by atoms with Crippen LogP contribution in [0, 0.1) is 6.92 Å². The predicted octanol–water partition coefficient (Wildman–Crippen LogP) is 2.89. The maximum atomic E-state index is 12.2. The quantitative estimate of drug-likeness (QED) is 0.892. The van der Waals surface area contributed by atoms with Crippen molar-refractivity contribution in [2.24, 2.45) is 0 Å². The summed E-state index contributed by atoms with van der Waals surface area (Å²) in [5.74, 6) is 0.463. The SMILES string of the molecule is COc1ccc(CNC(=O)c2cccc(NC(C)=O)c2)cc1C. The molecule has 23 heavy (non-hydrogen) atoms. The lowest BCUT2D eigenvalue weighted by atomic mass is 10.1. The molecule has 0 aromatic heterocycles. The zero-order valence-electron chi connectivity index (χ0n) is 13.5. The molecule has 0 aliphatic carbocycles. The molecule has 0 saturated carbocycles. The first-order valence-corrected chi connectivity index (χ1v) is 7.29. The number of amides is 2. The Morgan fingerprint density at radius 3 is 2.57 bits per heavy atom. The van der Waals surface area contributed by atoms with Gasteiger partial charge in [0.15, 0.2) is 0 Å². The second kappa shape index (κ2) is 7.45. The Morgan fingerprint density at radius 2 is 1.91 bits per heavy atom. The molecule has 2 N–H and O–H groups in total. The molecular formula is C18H20N2O3. The van der Waals surface area contributed by atoms with Crippen LogP contribution in [-0.2, 0) is 11.3 Å². The van der Waals surface area contributed by atoms with Gasteiger partial charge in [-0.25, -0.2) is 0 Å². The van der Waals surface area contributed by atoms with Gasteiger partial charge in [-0.1, -0.05) is 18.2 Å². The summed E-state index contributed by atoms with van der Waals surface area (Å²) in [5.41, 5.74) is 3.12. The molecule has 5 nitrogen and oxygen atoms in total. The molecule has 0 aliphatic rings. The van der Waals surface area contributed by atoms with Crippen LogP contribution in [0.15, 0.2) is 42.5 Å². The van der Waals surface area contributed by atoms with Gasteiger partial charge in [0, 0.05) is 24.7 Å². The van der Waals surface area contributed by atoms with E-state index in [9.17, 15) is 9.59 Å². The number of hydrogen-bond acceptors (Lipinski definition) is 3. The summed E-state index contributed by atoms with van der Waals surface area (Å²) in [4.78, 5) is 23.3. The van der Waals surface area contributed by atoms with Crippen molar-refractivity contribution in [1.82, 2.24) is 5.32 Å². The molecule has 5 heteroatoms. The van der Waals surface area contributed by atoms with Crippen molar-refractivity contribution in [3.05, 3.63) is 59.2 Å². The monoisotopic (exact) mass is 312 g/mol. The number of carbonyl (C=O) groups is 2. The van der Waals surface area contributed by atoms with Crippen molar-refractivity contribution in [2.45, 2.75) is 20.4 Å². The van der Waals surface area contributed by atoms with Gasteiger partial charge in [-0.05, 0) is 42.3 Å². The second-order valence-corrected chi connectivity index (χ2v) is 5.25. The van der Waals surface area contributed by atoms with Crippen LogP contribution in [-0.4, -0.2) is 18.9 Å². The van der Waals surface area contributed by atoms with Crippen molar-refractivity contribution >= 4 is 17.5 Å². The van der Waals surface area contributed by atoms with Crippen LogP contribution < -0.4 is 15.4 Å². The first kappa shape index (κ1) is 16.5. The third-order valence-electron chi connectivity index (χ3n) is 3.36. The Hall–Kier alpha value is -2.82. The van der Waals surface area contributed by atoms with E-state index in [1.165, 1.54) is 6.92 Å². The van der Waals surface area contributed by atoms with Crippen molar-refractivity contribution in [3.8, 4) is 5.75 Å². The van der Waals surface area contributed by atoms with Crippen LogP contribution >= 0.6 is 0 Å². The molecule has 120 valence electrons. The normalized spacial score (nSPS) is 10.0. The summed E-state index contributed by atoms with van der Waals surface area (Å²) < 4.78 is 5.22. The van der Waals surface area contributed by atoms with E-state index in [2.05, 4.69) is 10.6 Å². The molecule has 0 fully saturated rings. The Labute approximate surface area is 135 Å². The minimum absolute atomic E-state index is 0.170. The van der Waals surface area contributed by atoms with Crippen LogP contribution in [0.2, 0.25) is 0 Å². The lowest BCUT2D eigenvalue weighted by Gasteiger charge is -2.09. The largest absolute Gasteiger partial charge is 0.496 e. The van der Waals surface area contributed by atoms with Gasteiger partial charge in [0.25, 0.3) is 5.91 Å². The Morgan fingerprint density at radius 1 is 1.13 bits per heavy atom. The zero-order valence-corrected chi connectivity index (χ0v) is 13.5. The lowest BCUT2D eigenvalue weighted by Crippen LogP contribution is -2.23. The van der Waals surface area contributed by atoms with E-state index in [0.29, 0.717) is 17.8 Å². The fourth-order valence-electron chi connectivity index (χ4n) is 2.28. The van der Waals surface area contributed by atoms with E-state index < -0.39 is 0 Å². The van der Waals surface area contributed by atoms with Crippen molar-refractivity contribution in [2.75, 3.05) is 12.4 Å². The Balaban J connectivity index is 2.02. The number of hydrogen-bond donors (Lipinski definition) is 2. The lowest BCUT2D eigenvalue weighted by molar-refractivity contribution is -0.114. The fourth-order valence-corrected chi connectivity index (χ4v) is 2.28. The molecule has 2 aromatic rings. The molecule has 0 spiro atoms. The maximum Gasteiger partial charge on any atom is 0.251 e. The summed E-state index contributed by atoms with van der Waals surface area (Å²) in [7, 11) is 1.63. The number of methoxy groups -OCH3 is 1. The molecule has 0 bridgehead atoms. The topological polar surface area (TPSA) is 67.4 Å². The average Bonchev–Trinajstić information content (AvgIpc) is 2.52. The number of rotatable bonds is 5. The van der Waals surface area contributed by atoms with Crippen molar-refractivity contribution < 1.29 is 14.3 Å². The molecule has 0 atom stereocenters. The smallest absolute Gasteiger partial charge is 0.251 e. The second-order valence-electron chi connectivity index (χ2n) is 5.25. The summed E-state index contributed by atoms with van der Waals surface area (Å²) in [5, 5.41) is 5.53. The van der Waals surface area contributed by atoms with Gasteiger partial charge >= 0.3 is 0 Å². The minimum atomic E-state index is -0.189. The van der Waals surface area contributed by atoms with Gasteiger partial charge in [-0.15, -0.1) is 0 Å². The minimum Gasteiger partial charge on any atom is -0.496 e. The van der Waals surface area contributed by atoms with E-state index in [1.54, 1.807) is 31.4 Å². The number of anilines is 1. The van der Waals surface area contributed by atoms with E-state index in [1.807, 2.05) is 25.1 Å². The third kappa shape index (κ3) is 4.57. The highest BCUT2D eigenvalue weighted by molar-refractivity contribution is 5.96. The highest BCUT2D eigenvalue weighted by atomic mass is 16.5. The third-order valence-corrected chi connectivity index (χ3v) is 3.36. The van der Waals surface area contributed by atoms with Gasteiger partial charge in [0.1, 0.15) is 5.75 Å². The predicted molar refractivity (Wildman–Crippen MR) is 89.6 cm³/mol. The summed E-state index contributed by atoms with van der Waals surface area (Å²) >= 11 is 0. The van der Waals surface area contributed by atoms with Gasteiger partial charge in [-0.3, -0.25) is 9.59 Å². The number of benzene rings is 2. The van der Waals surface area contributed by atoms with Gasteiger partial charge < -0.3 is 15.4 Å². The van der Waals surface area contributed by atoms with Gasteiger partial charge in [0.05, 0.1) is 7.11 Å². The van der Waals surface area contributed by atoms with Crippen LogP contribution in [0.1, 0.15) is 28.4 Å². The molecule has 2 aromatic carbocycles. The zero-order chi connectivity index (χ0) is 16.8. The van der Waals surface area contributed by atoms with Crippen molar-refractivity contribution in [3.63, 3.8) is 0 Å². The molecule has 0 unspecified atom stereocenters. The highest BCUT2D eigenvalue weighted by Crippen LogP contribution is 2.18. The summed E-state index contributed by atoms with van der Waals surface area (Å²) in [6.45, 7) is 3.81. The molecule has 2 amide bonds. The van der Waals surface area contributed by atoms with E-state index >= 15 is 0 Å². The van der Waals surface area contributed by atoms with Crippen molar-refractivity contribution in [1.29, 1.82) is 0 Å². The standard InChI is InChI=1S/C18H20N2O3/c1-12-9-14(7-8-17(12)23-3)11-19-18(22)15-5-4-6-16(10-15)20-13(2)21/h4-10H,11H2,1-3H3,(H,19,22)(H,20,21). The molecule has 0 radical (unpaired) electrons. The van der Waals surface area contributed by atoms with Crippen LogP contribution in [0.5, 0.6) is 5.75 Å². The number of carbonyl (C=O) groups excluding carboxylic acids is 2. The average molecular weight is 312 g/mol. The first-order chi connectivity index (χ1) is 11.0. The Bertz CT molecular complexity index is 726. The number of aryl methyl sites for hydroxylation is 1. The number of ether oxygens (including phenoxy) is 1. The van der Waals surface area contributed by atoms with Crippen LogP contribution in [0.25, 0.3) is 0 Å². The van der Waals surface area contributed by atoms with Gasteiger partial charge in [0.2, 0.25) is 5.91 Å². The molecule has 2 rings (SSSR count). The summed E-state index contributed by atoms with van der Waals surface area (Å²) in [6, 6.07) is 12.6. The molecule has 0 saturated heterocycles. The summed E-state index contributed by atoms with van der Waals surface area (Å²) in [6.07, 6.45) is 0. The van der Waals surface area contributed by atoms with Gasteiger partial charge in [-0.2, -0.15) is 0 Å². The maximum absolute atomic E-state index is 12.2. The van der Waals surface area contributed by atoms with E-state index in [0.717, 1.165) is 16.9 Å². The molecule has 0 aliphatic heterocycles. The van der Waals surface area contributed by atoms with E-state index in [-0.39, 0.29) is 11.8 Å². The Kier molecular flexibility index (Phi) is 5.36. The fraction of sp³-hybridized carbons (Fsp3) is 0.222. The first-order valence-electron chi connectivity index (χ1n) is 7.29. The van der Waals surface area contributed by atoms with Crippen LogP contribution in [0.4, 0.5) is 5.69 Å². The molecular weight excluding hydrogens is 292 g/mol.